The lowest BCUT2D eigenvalue weighted by Gasteiger charge is -2.40. The molecular formula is C29H23N3O2S2. The second-order valence-corrected chi connectivity index (χ2v) is 9.79. The maximum atomic E-state index is 6.12. The highest BCUT2D eigenvalue weighted by molar-refractivity contribution is 7.81. The summed E-state index contributed by atoms with van der Waals surface area (Å²) < 4.78 is 12.9. The molecule has 1 aromatic heterocycles. The van der Waals surface area contributed by atoms with E-state index in [1.165, 1.54) is 0 Å². The molecule has 1 unspecified atom stereocenters. The van der Waals surface area contributed by atoms with Gasteiger partial charge in [-0.05, 0) is 54.1 Å². The van der Waals surface area contributed by atoms with Crippen molar-refractivity contribution in [2.24, 2.45) is 0 Å². The monoisotopic (exact) mass is 509 g/mol. The van der Waals surface area contributed by atoms with Crippen molar-refractivity contribution in [1.82, 2.24) is 4.98 Å². The number of benzene rings is 4. The van der Waals surface area contributed by atoms with Crippen LogP contribution in [0.1, 0.15) is 22.9 Å². The lowest BCUT2D eigenvalue weighted by molar-refractivity contribution is 0.295. The van der Waals surface area contributed by atoms with Gasteiger partial charge in [-0.3, -0.25) is 0 Å². The summed E-state index contributed by atoms with van der Waals surface area (Å²) >= 11 is 7.54. The van der Waals surface area contributed by atoms with Gasteiger partial charge in [-0.2, -0.15) is 0 Å². The van der Waals surface area contributed by atoms with Crippen LogP contribution in [0, 0.1) is 0 Å². The molecule has 0 bridgehead atoms. The molecular weight excluding hydrogens is 486 g/mol. The Morgan fingerprint density at radius 3 is 2.56 bits per heavy atom. The summed E-state index contributed by atoms with van der Waals surface area (Å²) in [4.78, 5) is 7.55. The Morgan fingerprint density at radius 2 is 1.72 bits per heavy atom. The molecule has 0 spiro atoms. The highest BCUT2D eigenvalue weighted by Gasteiger charge is 2.31. The molecule has 6 rings (SSSR count). The molecule has 0 fully saturated rings. The molecule has 0 radical (unpaired) electrons. The first-order valence-electron chi connectivity index (χ1n) is 11.6. The number of rotatable bonds is 6. The second kappa shape index (κ2) is 9.60. The Hall–Kier alpha value is -3.94. The van der Waals surface area contributed by atoms with E-state index in [2.05, 4.69) is 57.7 Å². The largest absolute Gasteiger partial charge is 0.496 e. The second-order valence-electron chi connectivity index (χ2n) is 8.41. The number of anilines is 2. The topological polar surface area (TPSA) is 46.6 Å². The average molecular weight is 510 g/mol. The molecule has 1 N–H and O–H groups in total. The molecule has 5 nitrogen and oxygen atoms in total. The van der Waals surface area contributed by atoms with Crippen LogP contribution in [-0.4, -0.2) is 17.1 Å². The zero-order chi connectivity index (χ0) is 24.5. The van der Waals surface area contributed by atoms with Gasteiger partial charge in [0.25, 0.3) is 5.19 Å². The third-order valence-corrected chi connectivity index (χ3v) is 7.57. The molecule has 7 heteroatoms. The normalized spacial score (nSPS) is 14.9. The van der Waals surface area contributed by atoms with E-state index >= 15 is 0 Å². The van der Waals surface area contributed by atoms with Gasteiger partial charge in [-0.1, -0.05) is 72.1 Å². The van der Waals surface area contributed by atoms with Gasteiger partial charge in [0.2, 0.25) is 0 Å². The van der Waals surface area contributed by atoms with Crippen LogP contribution in [-0.2, 0) is 6.61 Å². The van der Waals surface area contributed by atoms with Crippen molar-refractivity contribution in [3.8, 4) is 10.9 Å². The fourth-order valence-electron chi connectivity index (χ4n) is 4.48. The number of thiocarbonyl (C=S) groups is 1. The number of nitrogens with zero attached hydrogens (tertiary/aromatic N) is 2. The van der Waals surface area contributed by atoms with Crippen LogP contribution in [0.15, 0.2) is 97.1 Å². The molecule has 1 aliphatic heterocycles. The van der Waals surface area contributed by atoms with E-state index in [1.54, 1.807) is 18.4 Å². The lowest BCUT2D eigenvalue weighted by Crippen LogP contribution is -2.42. The van der Waals surface area contributed by atoms with Gasteiger partial charge in [0.15, 0.2) is 0 Å². The third-order valence-electron chi connectivity index (χ3n) is 6.21. The molecule has 0 amide bonds. The van der Waals surface area contributed by atoms with E-state index in [4.69, 9.17) is 21.7 Å². The number of ether oxygens (including phenoxy) is 2. The minimum atomic E-state index is -0.193. The van der Waals surface area contributed by atoms with Gasteiger partial charge in [0.05, 0.1) is 17.3 Å². The van der Waals surface area contributed by atoms with E-state index in [1.807, 2.05) is 54.6 Å². The zero-order valence-electron chi connectivity index (χ0n) is 19.5. The third kappa shape index (κ3) is 4.17. The van der Waals surface area contributed by atoms with Crippen molar-refractivity contribution in [1.29, 1.82) is 0 Å². The van der Waals surface area contributed by atoms with Gasteiger partial charge in [-0.25, -0.2) is 4.98 Å². The summed E-state index contributed by atoms with van der Waals surface area (Å²) in [7, 11) is 1.68. The number of methoxy groups -OCH3 is 1. The molecule has 0 aliphatic carbocycles. The number of fused-ring (bicyclic) bond motifs is 2. The van der Waals surface area contributed by atoms with Gasteiger partial charge in [0, 0.05) is 22.5 Å². The number of nitrogens with one attached hydrogen (secondary N) is 1. The first kappa shape index (κ1) is 22.5. The fourth-order valence-corrected chi connectivity index (χ4v) is 5.68. The van der Waals surface area contributed by atoms with Crippen LogP contribution in [0.25, 0.3) is 10.2 Å². The van der Waals surface area contributed by atoms with E-state index in [0.717, 1.165) is 49.0 Å². The van der Waals surface area contributed by atoms with Crippen LogP contribution in [0.4, 0.5) is 11.4 Å². The van der Waals surface area contributed by atoms with E-state index < -0.39 is 0 Å². The first-order chi connectivity index (χ1) is 17.7. The quantitative estimate of drug-likeness (QED) is 0.245. The molecule has 178 valence electrons. The maximum Gasteiger partial charge on any atom is 0.274 e. The standard InChI is InChI=1S/C29H23N3O2S2/c1-33-25-16-15-19(17-20(25)18-34-29-31-24-13-7-8-14-26(24)36-29)27-30-23-12-6-5-11-22(23)28(35)32(27)21-9-3-2-4-10-21/h2-17,27,30H,18H2,1H3. The van der Waals surface area contributed by atoms with Gasteiger partial charge < -0.3 is 19.7 Å². The summed E-state index contributed by atoms with van der Waals surface area (Å²) in [5.74, 6) is 0.768. The van der Waals surface area contributed by atoms with Gasteiger partial charge in [0.1, 0.15) is 23.5 Å². The number of para-hydroxylation sites is 3. The fraction of sp³-hybridized carbons (Fsp3) is 0.103. The number of hydrogen-bond donors (Lipinski definition) is 1. The molecule has 36 heavy (non-hydrogen) atoms. The molecule has 5 aromatic rings. The Kier molecular flexibility index (Phi) is 6.01. The van der Waals surface area contributed by atoms with Crippen molar-refractivity contribution in [3.05, 3.63) is 114 Å². The van der Waals surface area contributed by atoms with Crippen molar-refractivity contribution >= 4 is 50.1 Å². The SMILES string of the molecule is COc1ccc(C2Nc3ccccc3C(=S)N2c2ccccc2)cc1COc1nc2ccccc2s1. The highest BCUT2D eigenvalue weighted by Crippen LogP contribution is 2.38. The smallest absolute Gasteiger partial charge is 0.274 e. The summed E-state index contributed by atoms with van der Waals surface area (Å²) in [5.41, 5.74) is 5.99. The minimum absolute atomic E-state index is 0.193. The Morgan fingerprint density at radius 1 is 0.944 bits per heavy atom. The summed E-state index contributed by atoms with van der Waals surface area (Å²) in [6, 6.07) is 32.6. The van der Waals surface area contributed by atoms with Crippen molar-refractivity contribution in [2.45, 2.75) is 12.8 Å². The summed E-state index contributed by atoms with van der Waals surface area (Å²) in [5, 5.41) is 4.33. The molecule has 4 aromatic carbocycles. The number of thiazole rings is 1. The predicted octanol–water partition coefficient (Wildman–Crippen LogP) is 7.19. The van der Waals surface area contributed by atoms with E-state index in [9.17, 15) is 0 Å². The van der Waals surface area contributed by atoms with E-state index in [-0.39, 0.29) is 6.17 Å². The summed E-state index contributed by atoms with van der Waals surface area (Å²) in [6.45, 7) is 0.343. The van der Waals surface area contributed by atoms with Crippen molar-refractivity contribution in [2.75, 3.05) is 17.3 Å². The highest BCUT2D eigenvalue weighted by atomic mass is 32.1. The summed E-state index contributed by atoms with van der Waals surface area (Å²) in [6.07, 6.45) is -0.193. The molecule has 1 aliphatic rings. The van der Waals surface area contributed by atoms with Crippen LogP contribution in [0.2, 0.25) is 0 Å². The zero-order valence-corrected chi connectivity index (χ0v) is 21.2. The Labute approximate surface area is 218 Å². The van der Waals surface area contributed by atoms with Crippen molar-refractivity contribution in [3.63, 3.8) is 0 Å². The van der Waals surface area contributed by atoms with Crippen LogP contribution in [0.3, 0.4) is 0 Å². The van der Waals surface area contributed by atoms with Crippen LogP contribution in [0.5, 0.6) is 10.9 Å². The predicted molar refractivity (Wildman–Crippen MR) is 150 cm³/mol. The minimum Gasteiger partial charge on any atom is -0.496 e. The average Bonchev–Trinajstić information content (AvgIpc) is 3.35. The van der Waals surface area contributed by atoms with Gasteiger partial charge >= 0.3 is 0 Å². The van der Waals surface area contributed by atoms with E-state index in [0.29, 0.717) is 11.8 Å². The Bertz CT molecular complexity index is 1520. The molecule has 1 atom stereocenters. The Balaban J connectivity index is 1.36. The molecule has 2 heterocycles. The van der Waals surface area contributed by atoms with Gasteiger partial charge in [-0.15, -0.1) is 0 Å². The maximum absolute atomic E-state index is 6.12. The number of hydrogen-bond acceptors (Lipinski definition) is 6. The molecule has 0 saturated carbocycles. The van der Waals surface area contributed by atoms with Crippen LogP contribution < -0.4 is 19.7 Å². The number of aromatic nitrogens is 1. The van der Waals surface area contributed by atoms with Crippen LogP contribution >= 0.6 is 23.6 Å². The first-order valence-corrected chi connectivity index (χ1v) is 12.8. The lowest BCUT2D eigenvalue weighted by atomic mass is 10.0. The van der Waals surface area contributed by atoms with Crippen molar-refractivity contribution < 1.29 is 9.47 Å². The molecule has 0 saturated heterocycles.